The van der Waals surface area contributed by atoms with Crippen LogP contribution in [-0.4, -0.2) is 16.0 Å². The number of halogens is 2. The molecule has 3 N–H and O–H groups in total. The molecule has 0 aliphatic heterocycles. The number of hydrogen-bond acceptors (Lipinski definition) is 6. The van der Waals surface area contributed by atoms with Gasteiger partial charge in [0.2, 0.25) is 0 Å². The van der Waals surface area contributed by atoms with E-state index in [9.17, 15) is 9.18 Å². The molecule has 0 atom stereocenters. The maximum absolute atomic E-state index is 13.7. The SMILES string of the molecule is Cl.NC1(c2noc(-c3ccc(F)cc3NC(=O)c3ccoc3)n2)CCCC1. The van der Waals surface area contributed by atoms with E-state index >= 15 is 0 Å². The van der Waals surface area contributed by atoms with Gasteiger partial charge in [-0.3, -0.25) is 4.79 Å². The van der Waals surface area contributed by atoms with Crippen molar-refractivity contribution >= 4 is 24.0 Å². The monoisotopic (exact) mass is 392 g/mol. The number of nitrogens with one attached hydrogen (secondary N) is 1. The van der Waals surface area contributed by atoms with E-state index in [1.165, 1.54) is 36.8 Å². The smallest absolute Gasteiger partial charge is 0.260 e. The second-order valence-corrected chi connectivity index (χ2v) is 6.44. The summed E-state index contributed by atoms with van der Waals surface area (Å²) in [5, 5.41) is 6.65. The van der Waals surface area contributed by atoms with E-state index in [4.69, 9.17) is 14.7 Å². The Morgan fingerprint density at radius 3 is 2.74 bits per heavy atom. The van der Waals surface area contributed by atoms with Crippen molar-refractivity contribution in [1.29, 1.82) is 0 Å². The van der Waals surface area contributed by atoms with Crippen LogP contribution in [0.4, 0.5) is 10.1 Å². The lowest BCUT2D eigenvalue weighted by Crippen LogP contribution is -2.34. The first-order chi connectivity index (χ1) is 12.5. The molecule has 3 aromatic rings. The average Bonchev–Trinajstić information content (AvgIpc) is 3.37. The highest BCUT2D eigenvalue weighted by molar-refractivity contribution is 6.05. The van der Waals surface area contributed by atoms with Crippen LogP contribution in [0.15, 0.2) is 45.7 Å². The van der Waals surface area contributed by atoms with Crippen LogP contribution in [-0.2, 0) is 5.54 Å². The van der Waals surface area contributed by atoms with Gasteiger partial charge in [0.05, 0.1) is 28.6 Å². The zero-order chi connectivity index (χ0) is 18.1. The van der Waals surface area contributed by atoms with E-state index < -0.39 is 17.3 Å². The minimum atomic E-state index is -0.595. The molecule has 0 unspecified atom stereocenters. The number of carbonyl (C=O) groups is 1. The van der Waals surface area contributed by atoms with Gasteiger partial charge in [0.15, 0.2) is 5.82 Å². The molecule has 1 aliphatic rings. The minimum Gasteiger partial charge on any atom is -0.472 e. The first-order valence-electron chi connectivity index (χ1n) is 8.32. The number of carbonyl (C=O) groups excluding carboxylic acids is 1. The molecule has 27 heavy (non-hydrogen) atoms. The van der Waals surface area contributed by atoms with E-state index in [2.05, 4.69) is 15.5 Å². The van der Waals surface area contributed by atoms with Crippen molar-refractivity contribution in [1.82, 2.24) is 10.1 Å². The Kier molecular flexibility index (Phi) is 5.29. The number of benzene rings is 1. The molecular weight excluding hydrogens is 375 g/mol. The Bertz CT molecular complexity index is 936. The number of rotatable bonds is 4. The number of nitrogens with two attached hydrogens (primary N) is 1. The van der Waals surface area contributed by atoms with Crippen LogP contribution >= 0.6 is 12.4 Å². The largest absolute Gasteiger partial charge is 0.472 e. The third-order valence-electron chi connectivity index (χ3n) is 4.61. The van der Waals surface area contributed by atoms with E-state index in [-0.39, 0.29) is 24.0 Å². The van der Waals surface area contributed by atoms with Crippen molar-refractivity contribution in [2.24, 2.45) is 5.73 Å². The third kappa shape index (κ3) is 3.72. The minimum absolute atomic E-state index is 0. The lowest BCUT2D eigenvalue weighted by Gasteiger charge is -2.17. The van der Waals surface area contributed by atoms with Crippen LogP contribution in [0, 0.1) is 5.82 Å². The molecule has 1 saturated carbocycles. The van der Waals surface area contributed by atoms with Gasteiger partial charge in [0.25, 0.3) is 11.8 Å². The van der Waals surface area contributed by atoms with Crippen molar-refractivity contribution in [3.63, 3.8) is 0 Å². The lowest BCUT2D eigenvalue weighted by atomic mass is 9.98. The zero-order valence-corrected chi connectivity index (χ0v) is 15.1. The Labute approximate surface area is 160 Å². The highest BCUT2D eigenvalue weighted by atomic mass is 35.5. The molecule has 2 aromatic heterocycles. The standard InChI is InChI=1S/C18H17FN4O3.ClH/c19-12-3-4-13(14(9-12)21-15(24)11-5-8-25-10-11)16-22-17(23-26-16)18(20)6-1-2-7-18;/h3-5,8-10H,1-2,6-7,20H2,(H,21,24);1H. The summed E-state index contributed by atoms with van der Waals surface area (Å²) >= 11 is 0. The maximum atomic E-state index is 13.7. The topological polar surface area (TPSA) is 107 Å². The molecule has 4 rings (SSSR count). The van der Waals surface area contributed by atoms with Crippen molar-refractivity contribution < 1.29 is 18.1 Å². The predicted molar refractivity (Wildman–Crippen MR) is 97.9 cm³/mol. The van der Waals surface area contributed by atoms with Gasteiger partial charge in [-0.2, -0.15) is 4.98 Å². The van der Waals surface area contributed by atoms with Gasteiger partial charge in [-0.25, -0.2) is 4.39 Å². The van der Waals surface area contributed by atoms with Gasteiger partial charge in [0.1, 0.15) is 12.1 Å². The van der Waals surface area contributed by atoms with E-state index in [1.807, 2.05) is 0 Å². The van der Waals surface area contributed by atoms with Crippen LogP contribution in [0.5, 0.6) is 0 Å². The maximum Gasteiger partial charge on any atom is 0.260 e. The molecule has 1 fully saturated rings. The number of hydrogen-bond donors (Lipinski definition) is 2. The molecule has 142 valence electrons. The van der Waals surface area contributed by atoms with Crippen molar-refractivity contribution in [2.75, 3.05) is 5.32 Å². The normalized spacial score (nSPS) is 15.3. The number of aromatic nitrogens is 2. The first kappa shape index (κ1) is 19.1. The van der Waals surface area contributed by atoms with E-state index in [0.717, 1.165) is 25.7 Å². The molecule has 9 heteroatoms. The highest BCUT2D eigenvalue weighted by Gasteiger charge is 2.36. The van der Waals surface area contributed by atoms with Gasteiger partial charge < -0.3 is 20.0 Å². The number of furan rings is 1. The summed E-state index contributed by atoms with van der Waals surface area (Å²) in [6, 6.07) is 5.46. The summed E-state index contributed by atoms with van der Waals surface area (Å²) in [5.41, 5.74) is 6.72. The zero-order valence-electron chi connectivity index (χ0n) is 14.3. The molecule has 0 spiro atoms. The van der Waals surface area contributed by atoms with Crippen LogP contribution in [0.2, 0.25) is 0 Å². The third-order valence-corrected chi connectivity index (χ3v) is 4.61. The van der Waals surface area contributed by atoms with Gasteiger partial charge in [-0.15, -0.1) is 12.4 Å². The molecule has 1 aliphatic carbocycles. The van der Waals surface area contributed by atoms with Crippen LogP contribution < -0.4 is 11.1 Å². The second kappa shape index (κ2) is 7.50. The number of amides is 1. The quantitative estimate of drug-likeness (QED) is 0.697. The number of nitrogens with zero attached hydrogens (tertiary/aromatic N) is 2. The Balaban J connectivity index is 0.00000210. The fourth-order valence-corrected chi connectivity index (χ4v) is 3.16. The van der Waals surface area contributed by atoms with E-state index in [0.29, 0.717) is 17.0 Å². The van der Waals surface area contributed by atoms with E-state index in [1.54, 1.807) is 0 Å². The fraction of sp³-hybridized carbons (Fsp3) is 0.278. The Morgan fingerprint density at radius 2 is 2.04 bits per heavy atom. The molecule has 0 saturated heterocycles. The highest BCUT2D eigenvalue weighted by Crippen LogP contribution is 2.36. The van der Waals surface area contributed by atoms with Gasteiger partial charge in [-0.05, 0) is 37.1 Å². The summed E-state index contributed by atoms with van der Waals surface area (Å²) < 4.78 is 24.0. The van der Waals surface area contributed by atoms with Gasteiger partial charge in [-0.1, -0.05) is 18.0 Å². The van der Waals surface area contributed by atoms with Crippen LogP contribution in [0.1, 0.15) is 41.9 Å². The molecule has 1 aromatic carbocycles. The number of anilines is 1. The average molecular weight is 393 g/mol. The molecular formula is C18H18ClFN4O3. The van der Waals surface area contributed by atoms with Crippen molar-refractivity contribution in [3.8, 4) is 11.5 Å². The van der Waals surface area contributed by atoms with Crippen LogP contribution in [0.25, 0.3) is 11.5 Å². The van der Waals surface area contributed by atoms with Crippen LogP contribution in [0.3, 0.4) is 0 Å². The predicted octanol–water partition coefficient (Wildman–Crippen LogP) is 3.87. The summed E-state index contributed by atoms with van der Waals surface area (Å²) in [7, 11) is 0. The molecule has 0 radical (unpaired) electrons. The molecule has 0 bridgehead atoms. The summed E-state index contributed by atoms with van der Waals surface area (Å²) in [4.78, 5) is 16.7. The van der Waals surface area contributed by atoms with Crippen molar-refractivity contribution in [3.05, 3.63) is 54.0 Å². The van der Waals surface area contributed by atoms with Gasteiger partial charge in [0, 0.05) is 0 Å². The first-order valence-corrected chi connectivity index (χ1v) is 8.32. The molecule has 2 heterocycles. The summed E-state index contributed by atoms with van der Waals surface area (Å²) in [6.07, 6.45) is 6.30. The summed E-state index contributed by atoms with van der Waals surface area (Å²) in [5.74, 6) is -0.320. The molecule has 1 amide bonds. The summed E-state index contributed by atoms with van der Waals surface area (Å²) in [6.45, 7) is 0. The Morgan fingerprint density at radius 1 is 1.26 bits per heavy atom. The lowest BCUT2D eigenvalue weighted by molar-refractivity contribution is 0.102. The van der Waals surface area contributed by atoms with Crippen molar-refractivity contribution in [2.45, 2.75) is 31.2 Å². The fourth-order valence-electron chi connectivity index (χ4n) is 3.16. The second-order valence-electron chi connectivity index (χ2n) is 6.44. The Hall–Kier alpha value is -2.71. The van der Waals surface area contributed by atoms with Gasteiger partial charge >= 0.3 is 0 Å². The molecule has 7 nitrogen and oxygen atoms in total.